The van der Waals surface area contributed by atoms with E-state index in [1.807, 2.05) is 0 Å². The Kier molecular flexibility index (Phi) is 4.59. The molecule has 1 aromatic rings. The van der Waals surface area contributed by atoms with Gasteiger partial charge >= 0.3 is 10.4 Å². The molecule has 0 aliphatic heterocycles. The molecule has 0 saturated heterocycles. The Labute approximate surface area is 73.9 Å². The number of hydrogen-bond donors (Lipinski definition) is 3. The lowest BCUT2D eigenvalue weighted by atomic mass is 10.7. The van der Waals surface area contributed by atoms with Gasteiger partial charge in [-0.3, -0.25) is 9.11 Å². The zero-order valence-electron chi connectivity index (χ0n) is 5.71. The smallest absolute Gasteiger partial charge is 0.337 e. The van der Waals surface area contributed by atoms with Crippen LogP contribution in [0.1, 0.15) is 0 Å². The standard InChI is InChI=1S/C4H4N2S.H2O4S/c7-4-1-2-5-3-6-4;1-5(2,3)4/h1-3H,(H,5,6,7);(H2,1,2,3,4). The maximum Gasteiger partial charge on any atom is 0.394 e. The van der Waals surface area contributed by atoms with Gasteiger partial charge in [-0.1, -0.05) is 12.2 Å². The molecular formula is C4H6N2O4S2. The molecule has 0 saturated carbocycles. The molecular weight excluding hydrogens is 204 g/mol. The van der Waals surface area contributed by atoms with Crippen LogP contribution in [0.3, 0.4) is 0 Å². The molecule has 1 rings (SSSR count). The number of aromatic nitrogens is 2. The van der Waals surface area contributed by atoms with Gasteiger partial charge < -0.3 is 4.98 Å². The van der Waals surface area contributed by atoms with E-state index in [9.17, 15) is 0 Å². The van der Waals surface area contributed by atoms with E-state index in [0.717, 1.165) is 4.64 Å². The first-order chi connectivity index (χ1) is 5.39. The fraction of sp³-hybridized carbons (Fsp3) is 0. The highest BCUT2D eigenvalue weighted by molar-refractivity contribution is 7.79. The van der Waals surface area contributed by atoms with Gasteiger partial charge in [-0.2, -0.15) is 8.42 Å². The van der Waals surface area contributed by atoms with Gasteiger partial charge in [0.2, 0.25) is 0 Å². The molecule has 1 aromatic heterocycles. The second-order valence-corrected chi connectivity index (χ2v) is 2.89. The lowest BCUT2D eigenvalue weighted by Crippen LogP contribution is -1.89. The van der Waals surface area contributed by atoms with Crippen molar-refractivity contribution in [1.29, 1.82) is 0 Å². The summed E-state index contributed by atoms with van der Waals surface area (Å²) in [7, 11) is -4.67. The van der Waals surface area contributed by atoms with Crippen LogP contribution >= 0.6 is 12.2 Å². The molecule has 0 aliphatic carbocycles. The fourth-order valence-electron chi connectivity index (χ4n) is 0.303. The van der Waals surface area contributed by atoms with Gasteiger partial charge in [-0.25, -0.2) is 4.98 Å². The van der Waals surface area contributed by atoms with Crippen molar-refractivity contribution in [3.8, 4) is 0 Å². The van der Waals surface area contributed by atoms with Crippen molar-refractivity contribution in [2.24, 2.45) is 0 Å². The second-order valence-electron chi connectivity index (χ2n) is 1.55. The highest BCUT2D eigenvalue weighted by Gasteiger charge is 1.84. The maximum atomic E-state index is 8.74. The average molecular weight is 210 g/mol. The Morgan fingerprint density at radius 2 is 2.00 bits per heavy atom. The number of hydrogen-bond acceptors (Lipinski definition) is 4. The zero-order valence-corrected chi connectivity index (χ0v) is 7.34. The van der Waals surface area contributed by atoms with Crippen molar-refractivity contribution in [3.63, 3.8) is 0 Å². The number of aromatic amines is 1. The summed E-state index contributed by atoms with van der Waals surface area (Å²) in [5.41, 5.74) is 0. The summed E-state index contributed by atoms with van der Waals surface area (Å²) in [6, 6.07) is 1.73. The van der Waals surface area contributed by atoms with E-state index in [1.165, 1.54) is 0 Å². The molecule has 0 bridgehead atoms. The van der Waals surface area contributed by atoms with Gasteiger partial charge in [-0.15, -0.1) is 0 Å². The molecule has 3 N–H and O–H groups in total. The molecule has 0 aromatic carbocycles. The molecule has 0 amide bonds. The van der Waals surface area contributed by atoms with Crippen molar-refractivity contribution in [2.75, 3.05) is 0 Å². The van der Waals surface area contributed by atoms with E-state index >= 15 is 0 Å². The summed E-state index contributed by atoms with van der Waals surface area (Å²) in [6.07, 6.45) is 3.21. The summed E-state index contributed by atoms with van der Waals surface area (Å²) < 4.78 is 32.3. The van der Waals surface area contributed by atoms with Crippen molar-refractivity contribution in [2.45, 2.75) is 0 Å². The van der Waals surface area contributed by atoms with Gasteiger partial charge in [0, 0.05) is 6.20 Å². The SMILES string of the molecule is O=S(=O)(O)O.S=c1ccnc[nH]1. The third-order valence-electron chi connectivity index (χ3n) is 0.593. The van der Waals surface area contributed by atoms with Gasteiger partial charge in [0.1, 0.15) is 4.64 Å². The normalized spacial score (nSPS) is 9.83. The van der Waals surface area contributed by atoms with E-state index in [2.05, 4.69) is 9.97 Å². The first-order valence-electron chi connectivity index (χ1n) is 2.58. The fourth-order valence-corrected chi connectivity index (χ4v) is 0.416. The Morgan fingerprint density at radius 3 is 2.17 bits per heavy atom. The third-order valence-corrected chi connectivity index (χ3v) is 0.847. The van der Waals surface area contributed by atoms with E-state index in [-0.39, 0.29) is 0 Å². The highest BCUT2D eigenvalue weighted by atomic mass is 32.3. The number of nitrogens with zero attached hydrogens (tertiary/aromatic N) is 1. The molecule has 0 atom stereocenters. The van der Waals surface area contributed by atoms with Crippen LogP contribution in [0.5, 0.6) is 0 Å². The first kappa shape index (κ1) is 11.2. The maximum absolute atomic E-state index is 8.74. The molecule has 0 fully saturated rings. The van der Waals surface area contributed by atoms with Crippen LogP contribution in [0.15, 0.2) is 18.6 Å². The molecule has 12 heavy (non-hydrogen) atoms. The van der Waals surface area contributed by atoms with Crippen LogP contribution in [-0.2, 0) is 10.4 Å². The van der Waals surface area contributed by atoms with Crippen LogP contribution in [0, 0.1) is 4.64 Å². The van der Waals surface area contributed by atoms with E-state index < -0.39 is 10.4 Å². The van der Waals surface area contributed by atoms with Gasteiger partial charge in [-0.05, 0) is 6.07 Å². The predicted molar refractivity (Wildman–Crippen MR) is 43.6 cm³/mol. The van der Waals surface area contributed by atoms with Gasteiger partial charge in [0.25, 0.3) is 0 Å². The molecule has 0 spiro atoms. The Balaban J connectivity index is 0.000000217. The first-order valence-corrected chi connectivity index (χ1v) is 4.38. The lowest BCUT2D eigenvalue weighted by molar-refractivity contribution is 0.381. The molecule has 1 heterocycles. The van der Waals surface area contributed by atoms with Crippen LogP contribution in [0.2, 0.25) is 0 Å². The van der Waals surface area contributed by atoms with Crippen LogP contribution in [-0.4, -0.2) is 27.5 Å². The number of nitrogens with one attached hydrogen (secondary N) is 1. The Morgan fingerprint density at radius 1 is 1.50 bits per heavy atom. The van der Waals surface area contributed by atoms with Crippen molar-refractivity contribution >= 4 is 22.6 Å². The molecule has 6 nitrogen and oxygen atoms in total. The highest BCUT2D eigenvalue weighted by Crippen LogP contribution is 1.76. The van der Waals surface area contributed by atoms with Crippen LogP contribution in [0.25, 0.3) is 0 Å². The van der Waals surface area contributed by atoms with E-state index in [1.54, 1.807) is 18.6 Å². The molecule has 0 radical (unpaired) electrons. The van der Waals surface area contributed by atoms with Crippen LogP contribution in [0.4, 0.5) is 0 Å². The Bertz CT molecular complexity index is 345. The largest absolute Gasteiger partial charge is 0.394 e. The lowest BCUT2D eigenvalue weighted by Gasteiger charge is -1.76. The minimum absolute atomic E-state index is 0.718. The van der Waals surface area contributed by atoms with E-state index in [0.29, 0.717) is 0 Å². The monoisotopic (exact) mass is 210 g/mol. The predicted octanol–water partition coefficient (Wildman–Crippen LogP) is 0.486. The van der Waals surface area contributed by atoms with E-state index in [4.69, 9.17) is 29.7 Å². The summed E-state index contributed by atoms with van der Waals surface area (Å²) >= 11 is 4.72. The number of H-pyrrole nitrogens is 1. The quantitative estimate of drug-likeness (QED) is 0.425. The zero-order chi connectivity index (χ0) is 9.61. The average Bonchev–Trinajstić information content (AvgIpc) is 1.85. The number of rotatable bonds is 0. The Hall–Kier alpha value is -0.830. The van der Waals surface area contributed by atoms with Crippen molar-refractivity contribution in [3.05, 3.63) is 23.2 Å². The molecule has 0 aliphatic rings. The minimum Gasteiger partial charge on any atom is -0.337 e. The van der Waals surface area contributed by atoms with Crippen molar-refractivity contribution in [1.82, 2.24) is 9.97 Å². The molecule has 8 heteroatoms. The van der Waals surface area contributed by atoms with Gasteiger partial charge in [0.15, 0.2) is 0 Å². The van der Waals surface area contributed by atoms with Gasteiger partial charge in [0.05, 0.1) is 6.33 Å². The summed E-state index contributed by atoms with van der Waals surface area (Å²) in [5, 5.41) is 0. The third kappa shape index (κ3) is 11.9. The minimum atomic E-state index is -4.67. The summed E-state index contributed by atoms with van der Waals surface area (Å²) in [6.45, 7) is 0. The molecule has 0 unspecified atom stereocenters. The summed E-state index contributed by atoms with van der Waals surface area (Å²) in [5.74, 6) is 0. The van der Waals surface area contributed by atoms with Crippen LogP contribution < -0.4 is 0 Å². The summed E-state index contributed by atoms with van der Waals surface area (Å²) in [4.78, 5) is 6.46. The topological polar surface area (TPSA) is 103 Å². The molecule has 68 valence electrons. The second kappa shape index (κ2) is 4.93. The van der Waals surface area contributed by atoms with Crippen molar-refractivity contribution < 1.29 is 17.5 Å².